The first-order chi connectivity index (χ1) is 14.4. The average Bonchev–Trinajstić information content (AvgIpc) is 3.01. The van der Waals surface area contributed by atoms with Gasteiger partial charge in [0, 0.05) is 6.42 Å². The van der Waals surface area contributed by atoms with Crippen molar-refractivity contribution in [3.63, 3.8) is 0 Å². The molecule has 0 radical (unpaired) electrons. The van der Waals surface area contributed by atoms with Gasteiger partial charge in [0.15, 0.2) is 0 Å². The second-order valence-electron chi connectivity index (χ2n) is 11.8. The highest BCUT2D eigenvalue weighted by atomic mass is 16.3. The molecule has 0 heterocycles. The fraction of sp³-hybridized carbons (Fsp3) is 0.786. The molecule has 0 spiro atoms. The first-order valence-electron chi connectivity index (χ1n) is 12.6. The molecule has 0 amide bonds. The molecule has 2 unspecified atom stereocenters. The predicted molar refractivity (Wildman–Crippen MR) is 129 cm³/mol. The van der Waals surface area contributed by atoms with Gasteiger partial charge in [0.25, 0.3) is 0 Å². The van der Waals surface area contributed by atoms with Crippen LogP contribution in [-0.4, -0.2) is 33.1 Å². The van der Waals surface area contributed by atoms with Gasteiger partial charge in [-0.05, 0) is 106 Å². The van der Waals surface area contributed by atoms with E-state index >= 15 is 0 Å². The third kappa shape index (κ3) is 5.54. The van der Waals surface area contributed by atoms with E-state index in [1.54, 1.807) is 5.57 Å². The van der Waals surface area contributed by atoms with Crippen LogP contribution in [0.15, 0.2) is 34.9 Å². The second kappa shape index (κ2) is 9.53. The van der Waals surface area contributed by atoms with Crippen LogP contribution >= 0.6 is 0 Å². The summed E-state index contributed by atoms with van der Waals surface area (Å²) >= 11 is 0. The minimum absolute atomic E-state index is 0.367. The summed E-state index contributed by atoms with van der Waals surface area (Å²) < 4.78 is 0. The molecule has 3 rings (SSSR count). The zero-order chi connectivity index (χ0) is 23.0. The zero-order valence-corrected chi connectivity index (χ0v) is 20.6. The molecular weight excluding hydrogens is 384 g/mol. The van der Waals surface area contributed by atoms with Crippen LogP contribution in [0.5, 0.6) is 0 Å². The molecule has 0 aromatic heterocycles. The fourth-order valence-electron chi connectivity index (χ4n) is 7.08. The first kappa shape index (κ1) is 24.7. The van der Waals surface area contributed by atoms with Gasteiger partial charge < -0.3 is 15.3 Å². The Kier molecular flexibility index (Phi) is 7.61. The van der Waals surface area contributed by atoms with Gasteiger partial charge in [-0.1, -0.05) is 44.9 Å². The topological polar surface area (TPSA) is 60.7 Å². The van der Waals surface area contributed by atoms with Crippen LogP contribution in [0.4, 0.5) is 0 Å². The summed E-state index contributed by atoms with van der Waals surface area (Å²) in [5.41, 5.74) is 4.42. The summed E-state index contributed by atoms with van der Waals surface area (Å²) in [6.07, 6.45) is 11.8. The largest absolute Gasteiger partial charge is 0.393 e. The van der Waals surface area contributed by atoms with E-state index in [-0.39, 0.29) is 0 Å². The Labute approximate surface area is 190 Å². The van der Waals surface area contributed by atoms with Crippen molar-refractivity contribution < 1.29 is 15.3 Å². The van der Waals surface area contributed by atoms with Crippen LogP contribution in [0.1, 0.15) is 98.8 Å². The van der Waals surface area contributed by atoms with Crippen molar-refractivity contribution in [1.29, 1.82) is 0 Å². The van der Waals surface area contributed by atoms with Crippen molar-refractivity contribution >= 4 is 0 Å². The summed E-state index contributed by atoms with van der Waals surface area (Å²) in [5, 5.41) is 30.5. The highest BCUT2D eigenvalue weighted by molar-refractivity contribution is 5.43. The summed E-state index contributed by atoms with van der Waals surface area (Å²) in [5.74, 6) is 2.09. The summed E-state index contributed by atoms with van der Waals surface area (Å²) in [6.45, 7) is 15.1. The Balaban J connectivity index is 1.76. The molecule has 3 N–H and O–H groups in total. The maximum absolute atomic E-state index is 10.3. The van der Waals surface area contributed by atoms with Crippen molar-refractivity contribution in [2.45, 2.75) is 117 Å². The van der Waals surface area contributed by atoms with Crippen molar-refractivity contribution in [1.82, 2.24) is 0 Å². The molecule has 31 heavy (non-hydrogen) atoms. The number of aliphatic hydroxyl groups is 3. The quantitative estimate of drug-likeness (QED) is 0.477. The molecule has 0 aromatic carbocycles. The van der Waals surface area contributed by atoms with Crippen molar-refractivity contribution in [3.05, 3.63) is 34.9 Å². The van der Waals surface area contributed by atoms with Crippen LogP contribution in [0, 0.1) is 23.2 Å². The molecular formula is C28H46O3. The van der Waals surface area contributed by atoms with E-state index < -0.39 is 17.8 Å². The molecule has 3 saturated carbocycles. The Morgan fingerprint density at radius 2 is 2.00 bits per heavy atom. The molecule has 3 nitrogen and oxygen atoms in total. The van der Waals surface area contributed by atoms with Crippen molar-refractivity contribution in [2.75, 3.05) is 0 Å². The lowest BCUT2D eigenvalue weighted by molar-refractivity contribution is 0.0596. The molecule has 176 valence electrons. The van der Waals surface area contributed by atoms with Crippen LogP contribution < -0.4 is 0 Å². The second-order valence-corrected chi connectivity index (χ2v) is 11.8. The van der Waals surface area contributed by atoms with Crippen LogP contribution in [0.3, 0.4) is 0 Å². The number of hydrogen-bond acceptors (Lipinski definition) is 3. The predicted octanol–water partition coefficient (Wildman–Crippen LogP) is 6.09. The maximum atomic E-state index is 10.3. The molecule has 3 fully saturated rings. The van der Waals surface area contributed by atoms with Gasteiger partial charge in [-0.15, -0.1) is 0 Å². The molecule has 0 bridgehead atoms. The zero-order valence-electron chi connectivity index (χ0n) is 20.6. The number of rotatable bonds is 6. The van der Waals surface area contributed by atoms with E-state index in [0.29, 0.717) is 30.1 Å². The third-order valence-corrected chi connectivity index (χ3v) is 8.78. The molecule has 3 aliphatic carbocycles. The number of aliphatic hydroxyl groups excluding tert-OH is 2. The van der Waals surface area contributed by atoms with Crippen LogP contribution in [-0.2, 0) is 0 Å². The summed E-state index contributed by atoms with van der Waals surface area (Å²) in [4.78, 5) is 0. The van der Waals surface area contributed by atoms with Crippen molar-refractivity contribution in [2.24, 2.45) is 23.2 Å². The van der Waals surface area contributed by atoms with E-state index in [0.717, 1.165) is 29.9 Å². The van der Waals surface area contributed by atoms with Gasteiger partial charge in [-0.25, -0.2) is 0 Å². The Hall–Kier alpha value is -0.900. The Bertz CT molecular complexity index is 725. The van der Waals surface area contributed by atoms with Gasteiger partial charge in [0.05, 0.1) is 17.8 Å². The monoisotopic (exact) mass is 430 g/mol. The van der Waals surface area contributed by atoms with Gasteiger partial charge in [-0.3, -0.25) is 0 Å². The molecule has 0 aromatic rings. The van der Waals surface area contributed by atoms with E-state index in [1.807, 2.05) is 13.8 Å². The lowest BCUT2D eigenvalue weighted by atomic mass is 9.60. The Morgan fingerprint density at radius 1 is 1.29 bits per heavy atom. The van der Waals surface area contributed by atoms with Gasteiger partial charge >= 0.3 is 0 Å². The molecule has 0 aliphatic heterocycles. The summed E-state index contributed by atoms with van der Waals surface area (Å²) in [7, 11) is 0. The Morgan fingerprint density at radius 3 is 2.68 bits per heavy atom. The lowest BCUT2D eigenvalue weighted by Crippen LogP contribution is -2.36. The van der Waals surface area contributed by atoms with E-state index in [2.05, 4.69) is 33.4 Å². The smallest absolute Gasteiger partial charge is 0.0811 e. The molecule has 0 saturated heterocycles. The minimum Gasteiger partial charge on any atom is -0.393 e. The van der Waals surface area contributed by atoms with Gasteiger partial charge in [0.1, 0.15) is 0 Å². The fourth-order valence-corrected chi connectivity index (χ4v) is 7.08. The number of allylic oxidation sites excluding steroid dienone is 3. The van der Waals surface area contributed by atoms with E-state index in [4.69, 9.17) is 0 Å². The molecule has 6 atom stereocenters. The molecule has 3 aliphatic rings. The first-order valence-corrected chi connectivity index (χ1v) is 12.6. The maximum Gasteiger partial charge on any atom is 0.0811 e. The highest BCUT2D eigenvalue weighted by Gasteiger charge is 2.50. The summed E-state index contributed by atoms with van der Waals surface area (Å²) in [6, 6.07) is 0. The van der Waals surface area contributed by atoms with Crippen LogP contribution in [0.25, 0.3) is 0 Å². The minimum atomic E-state index is -0.621. The van der Waals surface area contributed by atoms with E-state index in [1.165, 1.54) is 44.1 Å². The average molecular weight is 431 g/mol. The number of fused-ring (bicyclic) bond motifs is 1. The van der Waals surface area contributed by atoms with Crippen molar-refractivity contribution in [3.8, 4) is 0 Å². The third-order valence-electron chi connectivity index (χ3n) is 8.78. The highest BCUT2D eigenvalue weighted by Crippen LogP contribution is 2.60. The van der Waals surface area contributed by atoms with Crippen LogP contribution in [0.2, 0.25) is 0 Å². The molecule has 3 heteroatoms. The SMILES string of the molecule is C=C1C(=C(C)C=C2CCC[C@@]3(C)C2CCC3[C@H](C)CCCC(C)(C)O)C[C@@H](O)C[C@@H]1O. The standard InChI is InChI=1S/C28H46O3/c1-18(9-7-13-27(4,5)31)24-11-12-25-21(10-8-14-28(24,25)6)15-19(2)23-16-22(29)17-26(30)20(23)3/h15,18,22,24-26,29-31H,3,7-14,16-17H2,1-2,4-6H3/t18-,22-,24?,25?,26+,28-/m1/s1. The van der Waals surface area contributed by atoms with Gasteiger partial charge in [0.2, 0.25) is 0 Å². The normalized spacial score (nSPS) is 38.3. The lowest BCUT2D eigenvalue weighted by Gasteiger charge is -2.44. The number of hydrogen-bond donors (Lipinski definition) is 3. The van der Waals surface area contributed by atoms with E-state index in [9.17, 15) is 15.3 Å². The van der Waals surface area contributed by atoms with Gasteiger partial charge in [-0.2, -0.15) is 0 Å².